The molecule has 2 heterocycles. The minimum atomic E-state index is -5.02. The number of benzene rings is 3. The first kappa shape index (κ1) is 29.0. The maximum atomic E-state index is 13.5. The van der Waals surface area contributed by atoms with Crippen LogP contribution in [0.3, 0.4) is 0 Å². The summed E-state index contributed by atoms with van der Waals surface area (Å²) in [5, 5.41) is 0. The number of halogens is 6. The number of piperazine rings is 1. The Bertz CT molecular complexity index is 1330. The molecule has 41 heavy (non-hydrogen) atoms. The average molecular weight is 576 g/mol. The fourth-order valence-corrected chi connectivity index (χ4v) is 5.85. The first-order valence-corrected chi connectivity index (χ1v) is 13.6. The second-order valence-electron chi connectivity index (χ2n) is 10.8. The van der Waals surface area contributed by atoms with E-state index in [0.29, 0.717) is 18.6 Å². The van der Waals surface area contributed by atoms with Crippen LogP contribution in [0.2, 0.25) is 0 Å². The lowest BCUT2D eigenvalue weighted by Gasteiger charge is -2.40. The van der Waals surface area contributed by atoms with Crippen molar-refractivity contribution in [2.45, 2.75) is 30.6 Å². The molecule has 218 valence electrons. The van der Waals surface area contributed by atoms with Crippen LogP contribution in [0.5, 0.6) is 0 Å². The standard InChI is InChI=1S/C31H31F6N3O/c1-38-12-14-39(15-13-38)26-9-5-8-22(18-26)27-10-11-40(20-28(27)21-6-3-2-4-7-21)29(41)23-16-24(30(32,33)34)19-25(17-23)31(35,36)37/h2-9,16-19,27-28H,10-15,20H2,1H3. The molecular weight excluding hydrogens is 544 g/mol. The Morgan fingerprint density at radius 1 is 0.707 bits per heavy atom. The van der Waals surface area contributed by atoms with Gasteiger partial charge in [0.1, 0.15) is 0 Å². The zero-order chi connectivity index (χ0) is 29.4. The van der Waals surface area contributed by atoms with Crippen LogP contribution < -0.4 is 4.90 Å². The van der Waals surface area contributed by atoms with Crippen molar-refractivity contribution < 1.29 is 31.1 Å². The molecule has 5 rings (SSSR count). The summed E-state index contributed by atoms with van der Waals surface area (Å²) in [6.45, 7) is 4.12. The van der Waals surface area contributed by atoms with Gasteiger partial charge < -0.3 is 14.7 Å². The molecule has 0 radical (unpaired) electrons. The van der Waals surface area contributed by atoms with Gasteiger partial charge in [-0.2, -0.15) is 26.3 Å². The van der Waals surface area contributed by atoms with Gasteiger partial charge in [0, 0.05) is 56.4 Å². The summed E-state index contributed by atoms with van der Waals surface area (Å²) in [5.74, 6) is -1.02. The molecule has 0 saturated carbocycles. The minimum absolute atomic E-state index is 0.0149. The Labute approximate surface area is 235 Å². The Morgan fingerprint density at radius 3 is 1.93 bits per heavy atom. The quantitative estimate of drug-likeness (QED) is 0.317. The lowest BCUT2D eigenvalue weighted by Crippen LogP contribution is -2.44. The number of carbonyl (C=O) groups excluding carboxylic acids is 1. The molecule has 0 N–H and O–H groups in total. The molecule has 2 aliphatic heterocycles. The van der Waals surface area contributed by atoms with Gasteiger partial charge >= 0.3 is 12.4 Å². The summed E-state index contributed by atoms with van der Waals surface area (Å²) >= 11 is 0. The van der Waals surface area contributed by atoms with Gasteiger partial charge in [-0.25, -0.2) is 0 Å². The van der Waals surface area contributed by atoms with Crippen molar-refractivity contribution in [3.05, 3.63) is 101 Å². The summed E-state index contributed by atoms with van der Waals surface area (Å²) in [6, 6.07) is 18.9. The lowest BCUT2D eigenvalue weighted by molar-refractivity contribution is -0.143. The van der Waals surface area contributed by atoms with E-state index >= 15 is 0 Å². The number of hydrogen-bond donors (Lipinski definition) is 0. The van der Waals surface area contributed by atoms with Crippen molar-refractivity contribution in [2.75, 3.05) is 51.2 Å². The topological polar surface area (TPSA) is 26.8 Å². The molecule has 2 atom stereocenters. The Morgan fingerprint density at radius 2 is 1.32 bits per heavy atom. The van der Waals surface area contributed by atoms with E-state index in [1.807, 2.05) is 36.4 Å². The number of likely N-dealkylation sites (N-methyl/N-ethyl adjacent to an activating group) is 1. The number of rotatable bonds is 4. The molecule has 0 aromatic heterocycles. The SMILES string of the molecule is CN1CCN(c2cccc(C3CCN(C(=O)c4cc(C(F)(F)F)cc(C(F)(F)F)c4)CC3c3ccccc3)c2)CC1. The molecule has 0 bridgehead atoms. The highest BCUT2D eigenvalue weighted by Crippen LogP contribution is 2.42. The van der Waals surface area contributed by atoms with E-state index in [2.05, 4.69) is 35.0 Å². The molecule has 2 saturated heterocycles. The van der Waals surface area contributed by atoms with Crippen LogP contribution in [-0.2, 0) is 12.4 Å². The van der Waals surface area contributed by atoms with E-state index in [9.17, 15) is 31.1 Å². The van der Waals surface area contributed by atoms with Crippen LogP contribution in [0.15, 0.2) is 72.8 Å². The van der Waals surface area contributed by atoms with Gasteiger partial charge in [0.05, 0.1) is 11.1 Å². The summed E-state index contributed by atoms with van der Waals surface area (Å²) in [7, 11) is 2.09. The highest BCUT2D eigenvalue weighted by atomic mass is 19.4. The third-order valence-corrected chi connectivity index (χ3v) is 8.13. The number of piperidine rings is 1. The molecule has 4 nitrogen and oxygen atoms in total. The summed E-state index contributed by atoms with van der Waals surface area (Å²) in [6.07, 6.45) is -9.53. The number of carbonyl (C=O) groups is 1. The Balaban J connectivity index is 1.45. The first-order chi connectivity index (χ1) is 19.4. The van der Waals surface area contributed by atoms with E-state index in [0.717, 1.165) is 43.0 Å². The number of hydrogen-bond acceptors (Lipinski definition) is 3. The highest BCUT2D eigenvalue weighted by molar-refractivity contribution is 5.95. The first-order valence-electron chi connectivity index (χ1n) is 13.6. The van der Waals surface area contributed by atoms with Crippen molar-refractivity contribution in [3.8, 4) is 0 Å². The summed E-state index contributed by atoms with van der Waals surface area (Å²) in [4.78, 5) is 19.4. The van der Waals surface area contributed by atoms with E-state index < -0.39 is 35.0 Å². The average Bonchev–Trinajstić information content (AvgIpc) is 2.96. The van der Waals surface area contributed by atoms with Crippen LogP contribution >= 0.6 is 0 Å². The zero-order valence-electron chi connectivity index (χ0n) is 22.6. The van der Waals surface area contributed by atoms with E-state index in [1.165, 1.54) is 4.90 Å². The molecule has 2 fully saturated rings. The number of anilines is 1. The largest absolute Gasteiger partial charge is 0.416 e. The van der Waals surface area contributed by atoms with Gasteiger partial charge in [-0.3, -0.25) is 4.79 Å². The smallest absolute Gasteiger partial charge is 0.369 e. The van der Waals surface area contributed by atoms with Crippen molar-refractivity contribution in [1.29, 1.82) is 0 Å². The Kier molecular flexibility index (Phi) is 8.05. The van der Waals surface area contributed by atoms with E-state index in [1.54, 1.807) is 0 Å². The maximum Gasteiger partial charge on any atom is 0.416 e. The zero-order valence-corrected chi connectivity index (χ0v) is 22.6. The number of alkyl halides is 6. The van der Waals surface area contributed by atoms with Gasteiger partial charge in [0.15, 0.2) is 0 Å². The molecule has 3 aromatic rings. The van der Waals surface area contributed by atoms with Gasteiger partial charge in [-0.05, 0) is 60.8 Å². The van der Waals surface area contributed by atoms with Crippen LogP contribution in [0.25, 0.3) is 0 Å². The number of nitrogens with zero attached hydrogens (tertiary/aromatic N) is 3. The molecule has 3 aromatic carbocycles. The van der Waals surface area contributed by atoms with Crippen LogP contribution in [-0.4, -0.2) is 62.0 Å². The fraction of sp³-hybridized carbons (Fsp3) is 0.387. The second-order valence-corrected chi connectivity index (χ2v) is 10.8. The fourth-order valence-electron chi connectivity index (χ4n) is 5.85. The highest BCUT2D eigenvalue weighted by Gasteiger charge is 2.39. The van der Waals surface area contributed by atoms with E-state index in [4.69, 9.17) is 0 Å². The van der Waals surface area contributed by atoms with Crippen molar-refractivity contribution in [1.82, 2.24) is 9.80 Å². The molecule has 10 heteroatoms. The normalized spacial score (nSPS) is 20.8. The van der Waals surface area contributed by atoms with Crippen molar-refractivity contribution in [3.63, 3.8) is 0 Å². The van der Waals surface area contributed by atoms with Gasteiger partial charge in [-0.1, -0.05) is 42.5 Å². The van der Waals surface area contributed by atoms with Crippen molar-refractivity contribution in [2.24, 2.45) is 0 Å². The van der Waals surface area contributed by atoms with Gasteiger partial charge in [0.2, 0.25) is 0 Å². The third-order valence-electron chi connectivity index (χ3n) is 8.13. The monoisotopic (exact) mass is 575 g/mol. The molecule has 2 unspecified atom stereocenters. The molecule has 1 amide bonds. The van der Waals surface area contributed by atoms with Gasteiger partial charge in [0.25, 0.3) is 5.91 Å². The number of likely N-dealkylation sites (tertiary alicyclic amines) is 1. The number of amides is 1. The third kappa shape index (κ3) is 6.53. The second kappa shape index (κ2) is 11.4. The predicted octanol–water partition coefficient (Wildman–Crippen LogP) is 6.89. The van der Waals surface area contributed by atoms with Crippen LogP contribution in [0.4, 0.5) is 32.0 Å². The lowest BCUT2D eigenvalue weighted by atomic mass is 9.76. The van der Waals surface area contributed by atoms with E-state index in [-0.39, 0.29) is 31.0 Å². The van der Waals surface area contributed by atoms with Crippen molar-refractivity contribution >= 4 is 11.6 Å². The molecule has 0 aliphatic carbocycles. The molecule has 0 spiro atoms. The molecular formula is C31H31F6N3O. The minimum Gasteiger partial charge on any atom is -0.369 e. The van der Waals surface area contributed by atoms with Crippen LogP contribution in [0, 0.1) is 0 Å². The molecule has 2 aliphatic rings. The van der Waals surface area contributed by atoms with Gasteiger partial charge in [-0.15, -0.1) is 0 Å². The maximum absolute atomic E-state index is 13.5. The summed E-state index contributed by atoms with van der Waals surface area (Å²) < 4.78 is 80.7. The summed E-state index contributed by atoms with van der Waals surface area (Å²) in [5.41, 5.74) is -0.434. The Hall–Kier alpha value is -3.53. The predicted molar refractivity (Wildman–Crippen MR) is 145 cm³/mol. The van der Waals surface area contributed by atoms with Crippen LogP contribution in [0.1, 0.15) is 50.9 Å².